The average molecular weight is 417 g/mol. The molecule has 0 unspecified atom stereocenters. The van der Waals surface area contributed by atoms with E-state index in [1.807, 2.05) is 19.1 Å². The molecule has 3 rings (SSSR count). The first-order valence-electron chi connectivity index (χ1n) is 9.25. The Morgan fingerprint density at radius 2 is 1.97 bits per heavy atom. The van der Waals surface area contributed by atoms with Crippen LogP contribution in [-0.2, 0) is 4.79 Å². The molecule has 0 radical (unpaired) electrons. The number of rotatable bonds is 6. The third-order valence-electron chi connectivity index (χ3n) is 4.57. The maximum Gasteiger partial charge on any atom is 0.269 e. The first-order valence-corrected chi connectivity index (χ1v) is 9.25. The Labute approximate surface area is 178 Å². The van der Waals surface area contributed by atoms with Gasteiger partial charge >= 0.3 is 0 Å². The third kappa shape index (κ3) is 4.79. The van der Waals surface area contributed by atoms with Gasteiger partial charge in [0.05, 0.1) is 17.7 Å². The van der Waals surface area contributed by atoms with E-state index < -0.39 is 10.8 Å². The fraction of sp³-hybridized carbons (Fsp3) is 0.130. The Morgan fingerprint density at radius 3 is 2.61 bits per heavy atom. The number of ether oxygens (including phenoxy) is 1. The minimum atomic E-state index is -0.601. The minimum absolute atomic E-state index is 0.0112. The molecule has 0 atom stereocenters. The summed E-state index contributed by atoms with van der Waals surface area (Å²) in [5.41, 5.74) is 2.57. The molecule has 8 heteroatoms. The first kappa shape index (κ1) is 21.3. The lowest BCUT2D eigenvalue weighted by Gasteiger charge is -2.10. The van der Waals surface area contributed by atoms with Crippen molar-refractivity contribution in [3.63, 3.8) is 0 Å². The number of methoxy groups -OCH3 is 1. The first-order chi connectivity index (χ1) is 14.8. The third-order valence-corrected chi connectivity index (χ3v) is 4.57. The van der Waals surface area contributed by atoms with Gasteiger partial charge in [0.2, 0.25) is 0 Å². The van der Waals surface area contributed by atoms with Gasteiger partial charge in [-0.05, 0) is 55.3 Å². The van der Waals surface area contributed by atoms with Crippen LogP contribution in [0.15, 0.2) is 58.5 Å². The number of benzene rings is 2. The number of hydrogen-bond donors (Lipinski definition) is 1. The van der Waals surface area contributed by atoms with Gasteiger partial charge in [0.25, 0.3) is 11.6 Å². The van der Waals surface area contributed by atoms with E-state index >= 15 is 0 Å². The van der Waals surface area contributed by atoms with E-state index in [-0.39, 0.29) is 11.3 Å². The molecule has 1 amide bonds. The molecule has 0 spiro atoms. The Kier molecular flexibility index (Phi) is 6.17. The maximum atomic E-state index is 12.6. The minimum Gasteiger partial charge on any atom is -0.495 e. The van der Waals surface area contributed by atoms with Crippen molar-refractivity contribution in [1.82, 2.24) is 0 Å². The van der Waals surface area contributed by atoms with Gasteiger partial charge in [-0.15, -0.1) is 0 Å². The summed E-state index contributed by atoms with van der Waals surface area (Å²) in [6.07, 6.45) is 1.34. The SMILES string of the molecule is COc1ccc(C)cc1NC(=O)/C(C#N)=C/c1ccc(-c2ccc([N+](=O)[O-])cc2C)o1. The Balaban J connectivity index is 1.85. The maximum absolute atomic E-state index is 12.6. The largest absolute Gasteiger partial charge is 0.495 e. The van der Waals surface area contributed by atoms with E-state index in [1.165, 1.54) is 25.3 Å². The topological polar surface area (TPSA) is 118 Å². The molecule has 0 saturated carbocycles. The second-order valence-corrected chi connectivity index (χ2v) is 6.79. The van der Waals surface area contributed by atoms with E-state index in [0.717, 1.165) is 5.56 Å². The summed E-state index contributed by atoms with van der Waals surface area (Å²) in [5.74, 6) is 0.647. The van der Waals surface area contributed by atoms with Crippen LogP contribution < -0.4 is 10.1 Å². The molecule has 156 valence electrons. The van der Waals surface area contributed by atoms with Crippen molar-refractivity contribution in [1.29, 1.82) is 5.26 Å². The van der Waals surface area contributed by atoms with Crippen molar-refractivity contribution in [3.05, 3.63) is 81.1 Å². The second-order valence-electron chi connectivity index (χ2n) is 6.79. The smallest absolute Gasteiger partial charge is 0.269 e. The molecule has 3 aromatic rings. The molecule has 0 aliphatic carbocycles. The summed E-state index contributed by atoms with van der Waals surface area (Å²) < 4.78 is 11.0. The number of furan rings is 1. The number of nitrogens with one attached hydrogen (secondary N) is 1. The molecule has 0 aliphatic heterocycles. The number of hydrogen-bond acceptors (Lipinski definition) is 6. The summed E-state index contributed by atoms with van der Waals surface area (Å²) >= 11 is 0. The summed E-state index contributed by atoms with van der Waals surface area (Å²) in [4.78, 5) is 23.0. The highest BCUT2D eigenvalue weighted by atomic mass is 16.6. The molecule has 1 aromatic heterocycles. The fourth-order valence-electron chi connectivity index (χ4n) is 3.01. The van der Waals surface area contributed by atoms with E-state index in [4.69, 9.17) is 9.15 Å². The van der Waals surface area contributed by atoms with Gasteiger partial charge in [-0.2, -0.15) is 5.26 Å². The number of nitro benzene ring substituents is 1. The summed E-state index contributed by atoms with van der Waals surface area (Å²) in [6.45, 7) is 3.62. The van der Waals surface area contributed by atoms with Crippen molar-refractivity contribution in [3.8, 4) is 23.1 Å². The number of aryl methyl sites for hydroxylation is 2. The number of nitrogens with zero attached hydrogens (tertiary/aromatic N) is 2. The van der Waals surface area contributed by atoms with Crippen molar-refractivity contribution in [2.75, 3.05) is 12.4 Å². The highest BCUT2D eigenvalue weighted by Crippen LogP contribution is 2.29. The van der Waals surface area contributed by atoms with Crippen molar-refractivity contribution < 1.29 is 18.9 Å². The summed E-state index contributed by atoms with van der Waals surface area (Å²) in [6, 6.07) is 14.9. The molecule has 0 fully saturated rings. The van der Waals surface area contributed by atoms with E-state index in [0.29, 0.717) is 34.1 Å². The van der Waals surface area contributed by atoms with Crippen LogP contribution in [0, 0.1) is 35.3 Å². The zero-order valence-electron chi connectivity index (χ0n) is 17.1. The number of anilines is 1. The molecule has 31 heavy (non-hydrogen) atoms. The van der Waals surface area contributed by atoms with Crippen molar-refractivity contribution in [2.45, 2.75) is 13.8 Å². The molecule has 1 N–H and O–H groups in total. The highest BCUT2D eigenvalue weighted by Gasteiger charge is 2.15. The molecule has 8 nitrogen and oxygen atoms in total. The van der Waals surface area contributed by atoms with E-state index in [2.05, 4.69) is 5.32 Å². The average Bonchev–Trinajstić information content (AvgIpc) is 3.20. The van der Waals surface area contributed by atoms with Crippen molar-refractivity contribution in [2.24, 2.45) is 0 Å². The monoisotopic (exact) mass is 417 g/mol. The van der Waals surface area contributed by atoms with Crippen LogP contribution in [0.3, 0.4) is 0 Å². The predicted molar refractivity (Wildman–Crippen MR) is 115 cm³/mol. The fourth-order valence-corrected chi connectivity index (χ4v) is 3.01. The quantitative estimate of drug-likeness (QED) is 0.260. The van der Waals surface area contributed by atoms with Gasteiger partial charge in [-0.1, -0.05) is 6.07 Å². The Bertz CT molecular complexity index is 1230. The van der Waals surface area contributed by atoms with Crippen LogP contribution in [0.2, 0.25) is 0 Å². The molecule has 0 bridgehead atoms. The van der Waals surface area contributed by atoms with Gasteiger partial charge in [-0.3, -0.25) is 14.9 Å². The highest BCUT2D eigenvalue weighted by molar-refractivity contribution is 6.10. The molecular formula is C23H19N3O5. The zero-order valence-corrected chi connectivity index (χ0v) is 17.1. The van der Waals surface area contributed by atoms with Gasteiger partial charge in [0.15, 0.2) is 0 Å². The lowest BCUT2D eigenvalue weighted by molar-refractivity contribution is -0.384. The lowest BCUT2D eigenvalue weighted by Crippen LogP contribution is -2.14. The number of amides is 1. The predicted octanol–water partition coefficient (Wildman–Crippen LogP) is 5.03. The molecular weight excluding hydrogens is 398 g/mol. The van der Waals surface area contributed by atoms with Gasteiger partial charge < -0.3 is 14.5 Å². The second kappa shape index (κ2) is 8.97. The summed E-state index contributed by atoms with van der Waals surface area (Å²) in [5, 5.41) is 23.0. The van der Waals surface area contributed by atoms with Crippen LogP contribution >= 0.6 is 0 Å². The van der Waals surface area contributed by atoms with Gasteiger partial charge in [-0.25, -0.2) is 0 Å². The number of carbonyl (C=O) groups excluding carboxylic acids is 1. The molecule has 2 aromatic carbocycles. The van der Waals surface area contributed by atoms with Gasteiger partial charge in [0, 0.05) is 23.8 Å². The summed E-state index contributed by atoms with van der Waals surface area (Å²) in [7, 11) is 1.49. The lowest BCUT2D eigenvalue weighted by atomic mass is 10.1. The van der Waals surface area contributed by atoms with Crippen LogP contribution in [0.4, 0.5) is 11.4 Å². The van der Waals surface area contributed by atoms with Crippen LogP contribution in [0.5, 0.6) is 5.75 Å². The normalized spacial score (nSPS) is 11.0. The Hall–Kier alpha value is -4.38. The molecule has 0 saturated heterocycles. The number of nitriles is 1. The van der Waals surface area contributed by atoms with E-state index in [1.54, 1.807) is 37.3 Å². The molecule has 0 aliphatic rings. The number of carbonyl (C=O) groups is 1. The zero-order chi connectivity index (χ0) is 22.5. The molecule has 1 heterocycles. The standard InChI is InChI=1S/C23H19N3O5/c1-14-4-8-22(30-3)20(10-14)25-23(27)16(13-24)12-18-6-9-21(31-18)19-7-5-17(26(28)29)11-15(19)2/h4-12H,1-3H3,(H,25,27)/b16-12+. The number of nitro groups is 1. The van der Waals surface area contributed by atoms with E-state index in [9.17, 15) is 20.2 Å². The Morgan fingerprint density at radius 1 is 1.19 bits per heavy atom. The van der Waals surface area contributed by atoms with Gasteiger partial charge in [0.1, 0.15) is 28.9 Å². The van der Waals surface area contributed by atoms with Crippen LogP contribution in [0.1, 0.15) is 16.9 Å². The van der Waals surface area contributed by atoms with Crippen LogP contribution in [0.25, 0.3) is 17.4 Å². The number of non-ortho nitro benzene ring substituents is 1. The van der Waals surface area contributed by atoms with Crippen molar-refractivity contribution >= 4 is 23.4 Å². The van der Waals surface area contributed by atoms with Crippen LogP contribution in [-0.4, -0.2) is 17.9 Å².